The van der Waals surface area contributed by atoms with E-state index in [1.54, 1.807) is 6.92 Å². The van der Waals surface area contributed by atoms with Crippen LogP contribution in [0.1, 0.15) is 48.9 Å². The average molecular weight is 376 g/mol. The highest BCUT2D eigenvalue weighted by Gasteiger charge is 2.38. The molecule has 0 amide bonds. The Hall–Kier alpha value is -1.83. The maximum atomic E-state index is 13.3. The standard InChI is InChI=1S/C18H18F6N2/c1-10(14-7-2-3-8-25-14)12-9-15(18(22,23)24)26-16-11(12)5-4-6-13(16)17(19,20)21/h4-6,9-10,14,25H,2-3,7-8H2,1H3/t10-,14+/m1/s1. The zero-order chi connectivity index (χ0) is 19.1. The van der Waals surface area contributed by atoms with Crippen LogP contribution in [0.2, 0.25) is 0 Å². The van der Waals surface area contributed by atoms with E-state index in [2.05, 4.69) is 10.3 Å². The molecule has 0 aliphatic carbocycles. The highest BCUT2D eigenvalue weighted by molar-refractivity contribution is 5.86. The number of nitrogens with one attached hydrogen (secondary N) is 1. The molecule has 8 heteroatoms. The van der Waals surface area contributed by atoms with Gasteiger partial charge in [-0.1, -0.05) is 25.5 Å². The minimum absolute atomic E-state index is 0.0787. The minimum atomic E-state index is -4.82. The van der Waals surface area contributed by atoms with Crippen molar-refractivity contribution in [1.82, 2.24) is 10.3 Å². The summed E-state index contributed by atoms with van der Waals surface area (Å²) in [7, 11) is 0. The highest BCUT2D eigenvalue weighted by atomic mass is 19.4. The number of pyridine rings is 1. The van der Waals surface area contributed by atoms with Crippen LogP contribution >= 0.6 is 0 Å². The second-order valence-corrected chi connectivity index (χ2v) is 6.64. The molecule has 1 aromatic heterocycles. The number of fused-ring (bicyclic) bond motifs is 1. The number of hydrogen-bond donors (Lipinski definition) is 1. The number of nitrogens with zero attached hydrogens (tertiary/aromatic N) is 1. The molecule has 1 fully saturated rings. The zero-order valence-corrected chi connectivity index (χ0v) is 14.0. The maximum Gasteiger partial charge on any atom is 0.433 e. The number of para-hydroxylation sites is 1. The number of halogens is 6. The Morgan fingerprint density at radius 2 is 1.81 bits per heavy atom. The third-order valence-corrected chi connectivity index (χ3v) is 4.91. The lowest BCUT2D eigenvalue weighted by Crippen LogP contribution is -2.38. The largest absolute Gasteiger partial charge is 0.433 e. The van der Waals surface area contributed by atoms with Crippen LogP contribution in [0.4, 0.5) is 26.3 Å². The number of hydrogen-bond acceptors (Lipinski definition) is 2. The summed E-state index contributed by atoms with van der Waals surface area (Å²) in [5, 5.41) is 3.38. The first-order chi connectivity index (χ1) is 12.1. The second kappa shape index (κ2) is 6.72. The molecule has 2 heterocycles. The molecular formula is C18H18F6N2. The molecule has 1 aromatic carbocycles. The van der Waals surface area contributed by atoms with Crippen molar-refractivity contribution in [2.45, 2.75) is 50.5 Å². The second-order valence-electron chi connectivity index (χ2n) is 6.64. The molecule has 0 bridgehead atoms. The van der Waals surface area contributed by atoms with Crippen molar-refractivity contribution < 1.29 is 26.3 Å². The Kier molecular flexibility index (Phi) is 4.90. The summed E-state index contributed by atoms with van der Waals surface area (Å²) in [5.74, 6) is -0.370. The van der Waals surface area contributed by atoms with Gasteiger partial charge in [0.15, 0.2) is 0 Å². The zero-order valence-electron chi connectivity index (χ0n) is 14.0. The summed E-state index contributed by atoms with van der Waals surface area (Å²) in [4.78, 5) is 3.34. The van der Waals surface area contributed by atoms with Crippen LogP contribution in [-0.2, 0) is 12.4 Å². The van der Waals surface area contributed by atoms with Gasteiger partial charge in [-0.3, -0.25) is 0 Å². The quantitative estimate of drug-likeness (QED) is 0.699. The number of benzene rings is 1. The Morgan fingerprint density at radius 1 is 1.08 bits per heavy atom. The number of aromatic nitrogens is 1. The average Bonchev–Trinajstić information content (AvgIpc) is 2.58. The lowest BCUT2D eigenvalue weighted by atomic mass is 9.85. The van der Waals surface area contributed by atoms with Crippen molar-refractivity contribution >= 4 is 10.9 Å². The molecule has 0 unspecified atom stereocenters. The Balaban J connectivity index is 2.23. The monoisotopic (exact) mass is 376 g/mol. The van der Waals surface area contributed by atoms with Crippen molar-refractivity contribution in [3.63, 3.8) is 0 Å². The Bertz CT molecular complexity index is 791. The van der Waals surface area contributed by atoms with E-state index in [1.165, 1.54) is 12.1 Å². The normalized spacial score (nSPS) is 20.3. The van der Waals surface area contributed by atoms with E-state index in [0.717, 1.165) is 37.9 Å². The van der Waals surface area contributed by atoms with E-state index < -0.39 is 29.1 Å². The molecule has 26 heavy (non-hydrogen) atoms. The van der Waals surface area contributed by atoms with Crippen LogP contribution in [0.25, 0.3) is 10.9 Å². The molecule has 2 nitrogen and oxygen atoms in total. The van der Waals surface area contributed by atoms with E-state index in [-0.39, 0.29) is 22.9 Å². The van der Waals surface area contributed by atoms with E-state index >= 15 is 0 Å². The van der Waals surface area contributed by atoms with Gasteiger partial charge in [0, 0.05) is 11.4 Å². The van der Waals surface area contributed by atoms with E-state index in [4.69, 9.17) is 0 Å². The van der Waals surface area contributed by atoms with Gasteiger partial charge >= 0.3 is 12.4 Å². The maximum absolute atomic E-state index is 13.3. The summed E-state index contributed by atoms with van der Waals surface area (Å²) in [6.07, 6.45) is -6.91. The predicted molar refractivity (Wildman–Crippen MR) is 85.8 cm³/mol. The van der Waals surface area contributed by atoms with Crippen LogP contribution in [0, 0.1) is 0 Å². The van der Waals surface area contributed by atoms with Gasteiger partial charge in [0.2, 0.25) is 0 Å². The molecule has 1 aliphatic rings. The van der Waals surface area contributed by atoms with Crippen molar-refractivity contribution in [1.29, 1.82) is 0 Å². The van der Waals surface area contributed by atoms with Crippen LogP contribution in [0.3, 0.4) is 0 Å². The molecule has 0 spiro atoms. The summed E-state index contributed by atoms with van der Waals surface area (Å²) in [5.41, 5.74) is -2.84. The molecular weight excluding hydrogens is 358 g/mol. The van der Waals surface area contributed by atoms with Gasteiger partial charge in [0.1, 0.15) is 5.69 Å². The van der Waals surface area contributed by atoms with Crippen molar-refractivity contribution in [3.8, 4) is 0 Å². The van der Waals surface area contributed by atoms with Gasteiger partial charge in [-0.15, -0.1) is 0 Å². The van der Waals surface area contributed by atoms with Crippen molar-refractivity contribution in [3.05, 3.63) is 41.1 Å². The fraction of sp³-hybridized carbons (Fsp3) is 0.500. The molecule has 1 saturated heterocycles. The fourth-order valence-electron chi connectivity index (χ4n) is 3.55. The van der Waals surface area contributed by atoms with Gasteiger partial charge in [-0.2, -0.15) is 26.3 Å². The summed E-state index contributed by atoms with van der Waals surface area (Å²) >= 11 is 0. The molecule has 1 N–H and O–H groups in total. The van der Waals surface area contributed by atoms with Gasteiger partial charge in [0.25, 0.3) is 0 Å². The molecule has 0 saturated carbocycles. The van der Waals surface area contributed by atoms with Crippen LogP contribution in [-0.4, -0.2) is 17.6 Å². The first-order valence-corrected chi connectivity index (χ1v) is 8.40. The van der Waals surface area contributed by atoms with Gasteiger partial charge in [-0.05, 0) is 43.0 Å². The first kappa shape index (κ1) is 18.9. The smallest absolute Gasteiger partial charge is 0.313 e. The van der Waals surface area contributed by atoms with Crippen LogP contribution in [0.15, 0.2) is 24.3 Å². The molecule has 2 atom stereocenters. The van der Waals surface area contributed by atoms with Crippen molar-refractivity contribution in [2.24, 2.45) is 0 Å². The highest BCUT2D eigenvalue weighted by Crippen LogP contribution is 2.40. The fourth-order valence-corrected chi connectivity index (χ4v) is 3.55. The predicted octanol–water partition coefficient (Wildman–Crippen LogP) is 5.52. The molecule has 0 radical (unpaired) electrons. The Labute approximate surface area is 146 Å². The third kappa shape index (κ3) is 3.65. The number of piperidine rings is 1. The lowest BCUT2D eigenvalue weighted by Gasteiger charge is -2.30. The van der Waals surface area contributed by atoms with E-state index in [1.807, 2.05) is 0 Å². The molecule has 3 rings (SSSR count). The number of alkyl halides is 6. The van der Waals surface area contributed by atoms with E-state index in [9.17, 15) is 26.3 Å². The van der Waals surface area contributed by atoms with E-state index in [0.29, 0.717) is 0 Å². The number of rotatable bonds is 2. The van der Waals surface area contributed by atoms with Gasteiger partial charge in [-0.25, -0.2) is 4.98 Å². The first-order valence-electron chi connectivity index (χ1n) is 8.40. The topological polar surface area (TPSA) is 24.9 Å². The minimum Gasteiger partial charge on any atom is -0.313 e. The lowest BCUT2D eigenvalue weighted by molar-refractivity contribution is -0.142. The third-order valence-electron chi connectivity index (χ3n) is 4.91. The summed E-state index contributed by atoms with van der Waals surface area (Å²) < 4.78 is 79.7. The SMILES string of the molecule is C[C@H](c1cc(C(F)(F)F)nc2c(C(F)(F)F)cccc12)[C@@H]1CCCCN1. The van der Waals surface area contributed by atoms with Gasteiger partial charge < -0.3 is 5.32 Å². The summed E-state index contributed by atoms with van der Waals surface area (Å²) in [6, 6.07) is 4.20. The van der Waals surface area contributed by atoms with Gasteiger partial charge in [0.05, 0.1) is 11.1 Å². The van der Waals surface area contributed by atoms with Crippen LogP contribution < -0.4 is 5.32 Å². The molecule has 2 aromatic rings. The molecule has 1 aliphatic heterocycles. The Morgan fingerprint density at radius 3 is 2.38 bits per heavy atom. The van der Waals surface area contributed by atoms with Crippen LogP contribution in [0.5, 0.6) is 0 Å². The molecule has 142 valence electrons. The van der Waals surface area contributed by atoms with Crippen molar-refractivity contribution in [2.75, 3.05) is 6.54 Å². The summed E-state index contributed by atoms with van der Waals surface area (Å²) in [6.45, 7) is 2.50.